The summed E-state index contributed by atoms with van der Waals surface area (Å²) in [5.74, 6) is 1.42. The van der Waals surface area contributed by atoms with Crippen LogP contribution in [0.15, 0.2) is 48.5 Å². The van der Waals surface area contributed by atoms with Crippen LogP contribution in [0.3, 0.4) is 0 Å². The van der Waals surface area contributed by atoms with Crippen LogP contribution in [0.25, 0.3) is 6.08 Å². The summed E-state index contributed by atoms with van der Waals surface area (Å²) in [4.78, 5) is 11.9. The molecule has 0 atom stereocenters. The third kappa shape index (κ3) is 5.55. The SMILES string of the molecule is COc1cc(CCC(=O)OC/C=C\c2ccccc2)cc(OC)c1OC. The summed E-state index contributed by atoms with van der Waals surface area (Å²) in [6.45, 7) is 0.253. The van der Waals surface area contributed by atoms with E-state index < -0.39 is 0 Å². The largest absolute Gasteiger partial charge is 0.493 e. The normalized spacial score (nSPS) is 10.6. The molecule has 0 aliphatic rings. The van der Waals surface area contributed by atoms with Crippen molar-refractivity contribution in [2.24, 2.45) is 0 Å². The van der Waals surface area contributed by atoms with Crippen molar-refractivity contribution in [3.8, 4) is 17.2 Å². The first-order valence-corrected chi connectivity index (χ1v) is 8.34. The monoisotopic (exact) mass is 356 g/mol. The Morgan fingerprint density at radius 1 is 0.962 bits per heavy atom. The number of rotatable bonds is 9. The van der Waals surface area contributed by atoms with Crippen molar-refractivity contribution in [2.45, 2.75) is 12.8 Å². The molecule has 0 unspecified atom stereocenters. The van der Waals surface area contributed by atoms with Gasteiger partial charge in [-0.05, 0) is 35.8 Å². The second kappa shape index (κ2) is 10.1. The number of hydrogen-bond acceptors (Lipinski definition) is 5. The second-order valence-electron chi connectivity index (χ2n) is 5.53. The molecule has 0 N–H and O–H groups in total. The molecule has 138 valence electrons. The van der Waals surface area contributed by atoms with Gasteiger partial charge in [-0.15, -0.1) is 0 Å². The van der Waals surface area contributed by atoms with E-state index in [1.165, 1.54) is 0 Å². The molecular formula is C21H24O5. The number of aryl methyl sites for hydroxylation is 1. The van der Waals surface area contributed by atoms with E-state index >= 15 is 0 Å². The lowest BCUT2D eigenvalue weighted by Gasteiger charge is -2.14. The van der Waals surface area contributed by atoms with Crippen LogP contribution in [-0.2, 0) is 16.0 Å². The van der Waals surface area contributed by atoms with Gasteiger partial charge in [0.05, 0.1) is 21.3 Å². The molecule has 0 bridgehead atoms. The van der Waals surface area contributed by atoms with Gasteiger partial charge in [0.15, 0.2) is 11.5 Å². The Bertz CT molecular complexity index is 712. The van der Waals surface area contributed by atoms with E-state index in [9.17, 15) is 4.79 Å². The first kappa shape index (κ1) is 19.4. The third-order valence-electron chi connectivity index (χ3n) is 3.79. The van der Waals surface area contributed by atoms with Crippen molar-refractivity contribution in [3.05, 3.63) is 59.7 Å². The summed E-state index contributed by atoms with van der Waals surface area (Å²) in [6, 6.07) is 13.5. The molecule has 0 spiro atoms. The first-order chi connectivity index (χ1) is 12.7. The smallest absolute Gasteiger partial charge is 0.306 e. The molecule has 26 heavy (non-hydrogen) atoms. The predicted octanol–water partition coefficient (Wildman–Crippen LogP) is 3.90. The molecule has 0 radical (unpaired) electrons. The number of carbonyl (C=O) groups excluding carboxylic acids is 1. The van der Waals surface area contributed by atoms with E-state index in [4.69, 9.17) is 18.9 Å². The molecule has 0 saturated carbocycles. The van der Waals surface area contributed by atoms with Gasteiger partial charge in [0.25, 0.3) is 0 Å². The maximum atomic E-state index is 11.9. The minimum Gasteiger partial charge on any atom is -0.493 e. The van der Waals surface area contributed by atoms with Gasteiger partial charge in [-0.2, -0.15) is 0 Å². The average molecular weight is 356 g/mol. The zero-order valence-corrected chi connectivity index (χ0v) is 15.4. The van der Waals surface area contributed by atoms with Crippen LogP contribution >= 0.6 is 0 Å². The van der Waals surface area contributed by atoms with Crippen LogP contribution in [0.1, 0.15) is 17.5 Å². The Morgan fingerprint density at radius 3 is 2.19 bits per heavy atom. The van der Waals surface area contributed by atoms with Crippen LogP contribution < -0.4 is 14.2 Å². The highest BCUT2D eigenvalue weighted by molar-refractivity contribution is 5.70. The lowest BCUT2D eigenvalue weighted by molar-refractivity contribution is -0.142. The van der Waals surface area contributed by atoms with E-state index in [0.29, 0.717) is 23.7 Å². The number of carbonyl (C=O) groups is 1. The van der Waals surface area contributed by atoms with E-state index in [2.05, 4.69) is 0 Å². The number of benzene rings is 2. The van der Waals surface area contributed by atoms with E-state index in [0.717, 1.165) is 11.1 Å². The predicted molar refractivity (Wildman–Crippen MR) is 101 cm³/mol. The molecule has 0 fully saturated rings. The van der Waals surface area contributed by atoms with Crippen LogP contribution in [0.5, 0.6) is 17.2 Å². The highest BCUT2D eigenvalue weighted by Gasteiger charge is 2.14. The van der Waals surface area contributed by atoms with Crippen molar-refractivity contribution in [3.63, 3.8) is 0 Å². The molecule has 0 saturated heterocycles. The zero-order chi connectivity index (χ0) is 18.8. The molecule has 0 heterocycles. The number of methoxy groups -OCH3 is 3. The average Bonchev–Trinajstić information content (AvgIpc) is 2.69. The van der Waals surface area contributed by atoms with Gasteiger partial charge in [-0.3, -0.25) is 4.79 Å². The summed E-state index contributed by atoms with van der Waals surface area (Å²) >= 11 is 0. The van der Waals surface area contributed by atoms with Crippen LogP contribution in [0.4, 0.5) is 0 Å². The van der Waals surface area contributed by atoms with E-state index in [1.54, 1.807) is 21.3 Å². The lowest BCUT2D eigenvalue weighted by Crippen LogP contribution is -2.06. The number of ether oxygens (including phenoxy) is 4. The molecule has 5 heteroatoms. The van der Waals surface area contributed by atoms with Crippen molar-refractivity contribution in [2.75, 3.05) is 27.9 Å². The molecule has 0 aromatic heterocycles. The van der Waals surface area contributed by atoms with Gasteiger partial charge in [0, 0.05) is 6.42 Å². The molecule has 0 aliphatic heterocycles. The van der Waals surface area contributed by atoms with E-state index in [1.807, 2.05) is 54.6 Å². The first-order valence-electron chi connectivity index (χ1n) is 8.34. The van der Waals surface area contributed by atoms with Gasteiger partial charge < -0.3 is 18.9 Å². The Morgan fingerprint density at radius 2 is 1.62 bits per heavy atom. The lowest BCUT2D eigenvalue weighted by atomic mass is 10.1. The molecule has 0 amide bonds. The van der Waals surface area contributed by atoms with Gasteiger partial charge >= 0.3 is 5.97 Å². The minimum absolute atomic E-state index is 0.253. The number of esters is 1. The van der Waals surface area contributed by atoms with Crippen molar-refractivity contribution < 1.29 is 23.7 Å². The summed E-state index contributed by atoms with van der Waals surface area (Å²) in [5, 5.41) is 0. The maximum Gasteiger partial charge on any atom is 0.306 e. The quantitative estimate of drug-likeness (QED) is 0.638. The van der Waals surface area contributed by atoms with E-state index in [-0.39, 0.29) is 19.0 Å². The Hall–Kier alpha value is -2.95. The molecule has 5 nitrogen and oxygen atoms in total. The van der Waals surface area contributed by atoms with Gasteiger partial charge in [-0.25, -0.2) is 0 Å². The fourth-order valence-corrected chi connectivity index (χ4v) is 2.49. The Balaban J connectivity index is 1.86. The molecule has 0 aliphatic carbocycles. The van der Waals surface area contributed by atoms with Gasteiger partial charge in [0.1, 0.15) is 6.61 Å². The van der Waals surface area contributed by atoms with Crippen LogP contribution in [-0.4, -0.2) is 33.9 Å². The highest BCUT2D eigenvalue weighted by atomic mass is 16.5. The molecule has 2 aromatic carbocycles. The van der Waals surface area contributed by atoms with Gasteiger partial charge in [-0.1, -0.05) is 36.4 Å². The van der Waals surface area contributed by atoms with Crippen molar-refractivity contribution in [1.29, 1.82) is 0 Å². The highest BCUT2D eigenvalue weighted by Crippen LogP contribution is 2.38. The third-order valence-corrected chi connectivity index (χ3v) is 3.79. The number of hydrogen-bond donors (Lipinski definition) is 0. The fourth-order valence-electron chi connectivity index (χ4n) is 2.49. The topological polar surface area (TPSA) is 54.0 Å². The fraction of sp³-hybridized carbons (Fsp3) is 0.286. The Kier molecular flexibility index (Phi) is 7.55. The standard InChI is InChI=1S/C21H24O5/c1-23-18-14-17(15-19(24-2)21(18)25-3)11-12-20(22)26-13-7-10-16-8-5-4-6-9-16/h4-10,14-15H,11-13H2,1-3H3/b10-7-. The molecule has 2 aromatic rings. The van der Waals surface area contributed by atoms with Gasteiger partial charge in [0.2, 0.25) is 5.75 Å². The Labute approximate surface area is 154 Å². The molecule has 2 rings (SSSR count). The van der Waals surface area contributed by atoms with Crippen molar-refractivity contribution >= 4 is 12.0 Å². The maximum absolute atomic E-state index is 11.9. The molecular weight excluding hydrogens is 332 g/mol. The summed E-state index contributed by atoms with van der Waals surface area (Å²) < 4.78 is 21.2. The van der Waals surface area contributed by atoms with Crippen LogP contribution in [0.2, 0.25) is 0 Å². The minimum atomic E-state index is -0.253. The zero-order valence-electron chi connectivity index (χ0n) is 15.4. The summed E-state index contributed by atoms with van der Waals surface area (Å²) in [6.07, 6.45) is 4.55. The van der Waals surface area contributed by atoms with Crippen molar-refractivity contribution in [1.82, 2.24) is 0 Å². The second-order valence-corrected chi connectivity index (χ2v) is 5.53. The summed E-state index contributed by atoms with van der Waals surface area (Å²) in [5.41, 5.74) is 1.98. The summed E-state index contributed by atoms with van der Waals surface area (Å²) in [7, 11) is 4.68. The van der Waals surface area contributed by atoms with Crippen LogP contribution in [0, 0.1) is 0 Å².